The Balaban J connectivity index is 2.26. The highest BCUT2D eigenvalue weighted by Crippen LogP contribution is 2.27. The smallest absolute Gasteiger partial charge is 0.153 e. The Labute approximate surface area is 106 Å². The van der Waals surface area contributed by atoms with Crippen LogP contribution in [0.3, 0.4) is 0 Å². The Bertz CT molecular complexity index is 501. The highest BCUT2D eigenvalue weighted by molar-refractivity contribution is 9.10. The van der Waals surface area contributed by atoms with Crippen molar-refractivity contribution in [3.8, 4) is 0 Å². The van der Waals surface area contributed by atoms with Gasteiger partial charge in [0, 0.05) is 9.50 Å². The molecule has 1 aromatic heterocycles. The molecule has 0 atom stereocenters. The normalized spacial score (nSPS) is 10.1. The molecule has 2 aromatic rings. The van der Waals surface area contributed by atoms with E-state index in [2.05, 4.69) is 31.4 Å². The van der Waals surface area contributed by atoms with Gasteiger partial charge in [0.25, 0.3) is 0 Å². The first-order valence-corrected chi connectivity index (χ1v) is 5.63. The van der Waals surface area contributed by atoms with E-state index in [1.807, 2.05) is 6.07 Å². The summed E-state index contributed by atoms with van der Waals surface area (Å²) in [4.78, 5) is 0. The zero-order valence-electron chi connectivity index (χ0n) is 8.11. The van der Waals surface area contributed by atoms with Gasteiger partial charge in [-0.15, -0.1) is 10.2 Å². The molecule has 6 heteroatoms. The van der Waals surface area contributed by atoms with Crippen molar-refractivity contribution < 1.29 is 0 Å². The summed E-state index contributed by atoms with van der Waals surface area (Å²) in [5, 5.41) is 11.4. The lowest BCUT2D eigenvalue weighted by atomic mass is 10.3. The van der Waals surface area contributed by atoms with Crippen LogP contribution in [0.2, 0.25) is 5.02 Å². The molecule has 0 saturated carbocycles. The number of nitrogen functional groups attached to an aromatic ring is 1. The topological polar surface area (TPSA) is 63.8 Å². The Morgan fingerprint density at radius 1 is 1.19 bits per heavy atom. The fraction of sp³-hybridized carbons (Fsp3) is 0. The lowest BCUT2D eigenvalue weighted by Gasteiger charge is -2.07. The lowest BCUT2D eigenvalue weighted by molar-refractivity contribution is 1.05. The van der Waals surface area contributed by atoms with E-state index in [0.717, 1.165) is 10.2 Å². The van der Waals surface area contributed by atoms with E-state index in [1.54, 1.807) is 24.3 Å². The van der Waals surface area contributed by atoms with Crippen LogP contribution in [0.1, 0.15) is 0 Å². The van der Waals surface area contributed by atoms with Crippen LogP contribution in [0.5, 0.6) is 0 Å². The van der Waals surface area contributed by atoms with E-state index in [0.29, 0.717) is 16.7 Å². The molecule has 0 aliphatic carbocycles. The number of benzene rings is 1. The number of anilines is 3. The molecule has 0 radical (unpaired) electrons. The maximum absolute atomic E-state index is 5.89. The molecule has 2 rings (SSSR count). The van der Waals surface area contributed by atoms with E-state index >= 15 is 0 Å². The van der Waals surface area contributed by atoms with Crippen molar-refractivity contribution in [2.45, 2.75) is 0 Å². The van der Waals surface area contributed by atoms with Gasteiger partial charge in [0.2, 0.25) is 0 Å². The van der Waals surface area contributed by atoms with Gasteiger partial charge in [-0.2, -0.15) is 0 Å². The summed E-state index contributed by atoms with van der Waals surface area (Å²) in [5.41, 5.74) is 6.27. The van der Waals surface area contributed by atoms with E-state index < -0.39 is 0 Å². The molecule has 1 heterocycles. The Hall–Kier alpha value is -1.33. The maximum Gasteiger partial charge on any atom is 0.153 e. The van der Waals surface area contributed by atoms with Gasteiger partial charge in [0.15, 0.2) is 5.82 Å². The molecule has 16 heavy (non-hydrogen) atoms. The van der Waals surface area contributed by atoms with Gasteiger partial charge in [-0.25, -0.2) is 0 Å². The average Bonchev–Trinajstić information content (AvgIpc) is 2.27. The van der Waals surface area contributed by atoms with Crippen molar-refractivity contribution in [1.82, 2.24) is 10.2 Å². The second-order valence-electron chi connectivity index (χ2n) is 3.09. The van der Waals surface area contributed by atoms with Crippen molar-refractivity contribution >= 4 is 44.9 Å². The predicted molar refractivity (Wildman–Crippen MR) is 68.9 cm³/mol. The average molecular weight is 300 g/mol. The summed E-state index contributed by atoms with van der Waals surface area (Å²) >= 11 is 9.30. The Morgan fingerprint density at radius 2 is 2.00 bits per heavy atom. The van der Waals surface area contributed by atoms with Gasteiger partial charge in [0.1, 0.15) is 5.82 Å². The third kappa shape index (κ3) is 2.62. The molecule has 3 N–H and O–H groups in total. The van der Waals surface area contributed by atoms with E-state index in [1.165, 1.54) is 0 Å². The van der Waals surface area contributed by atoms with E-state index in [-0.39, 0.29) is 0 Å². The minimum Gasteiger partial charge on any atom is -0.382 e. The number of nitrogens with one attached hydrogen (secondary N) is 1. The standard InChI is InChI=1S/C10H8BrClN4/c11-7-2-1-6(12)5-8(7)14-10-4-3-9(13)15-16-10/h1-5H,(H2,13,15)(H,14,16). The molecule has 0 bridgehead atoms. The van der Waals surface area contributed by atoms with Crippen molar-refractivity contribution in [2.24, 2.45) is 0 Å². The first-order valence-electron chi connectivity index (χ1n) is 4.46. The second-order valence-corrected chi connectivity index (χ2v) is 4.38. The molecular formula is C10H8BrClN4. The number of halogens is 2. The molecular weight excluding hydrogens is 291 g/mol. The number of hydrogen-bond donors (Lipinski definition) is 2. The third-order valence-corrected chi connectivity index (χ3v) is 2.80. The minimum atomic E-state index is 0.385. The highest BCUT2D eigenvalue weighted by atomic mass is 79.9. The number of nitrogens with two attached hydrogens (primary N) is 1. The van der Waals surface area contributed by atoms with Gasteiger partial charge >= 0.3 is 0 Å². The SMILES string of the molecule is Nc1ccc(Nc2cc(Cl)ccc2Br)nn1. The molecule has 4 nitrogen and oxygen atoms in total. The first-order chi connectivity index (χ1) is 7.65. The molecule has 0 unspecified atom stereocenters. The summed E-state index contributed by atoms with van der Waals surface area (Å²) in [7, 11) is 0. The molecule has 0 amide bonds. The summed E-state index contributed by atoms with van der Waals surface area (Å²) in [6.07, 6.45) is 0. The van der Waals surface area contributed by atoms with Crippen LogP contribution in [0.4, 0.5) is 17.3 Å². The molecule has 0 aliphatic heterocycles. The van der Waals surface area contributed by atoms with Gasteiger partial charge in [0.05, 0.1) is 5.69 Å². The Morgan fingerprint density at radius 3 is 2.69 bits per heavy atom. The van der Waals surface area contributed by atoms with Crippen LogP contribution >= 0.6 is 27.5 Å². The fourth-order valence-electron chi connectivity index (χ4n) is 1.14. The van der Waals surface area contributed by atoms with Gasteiger partial charge in [-0.3, -0.25) is 0 Å². The quantitative estimate of drug-likeness (QED) is 0.893. The fourth-order valence-corrected chi connectivity index (χ4v) is 1.66. The second kappa shape index (κ2) is 4.67. The van der Waals surface area contributed by atoms with Crippen molar-refractivity contribution in [2.75, 3.05) is 11.1 Å². The van der Waals surface area contributed by atoms with Gasteiger partial charge < -0.3 is 11.1 Å². The monoisotopic (exact) mass is 298 g/mol. The van der Waals surface area contributed by atoms with Crippen molar-refractivity contribution in [3.63, 3.8) is 0 Å². The molecule has 0 aliphatic rings. The first kappa shape index (κ1) is 11.2. The number of aromatic nitrogens is 2. The highest BCUT2D eigenvalue weighted by Gasteiger charge is 2.02. The van der Waals surface area contributed by atoms with Crippen LogP contribution in [0.15, 0.2) is 34.8 Å². The van der Waals surface area contributed by atoms with Crippen molar-refractivity contribution in [1.29, 1.82) is 0 Å². The summed E-state index contributed by atoms with van der Waals surface area (Å²) in [6.45, 7) is 0. The number of rotatable bonds is 2. The zero-order chi connectivity index (χ0) is 11.5. The summed E-state index contributed by atoms with van der Waals surface area (Å²) in [5.74, 6) is 0.993. The van der Waals surface area contributed by atoms with Crippen LogP contribution < -0.4 is 11.1 Å². The van der Waals surface area contributed by atoms with Gasteiger partial charge in [-0.05, 0) is 46.3 Å². The van der Waals surface area contributed by atoms with E-state index in [4.69, 9.17) is 17.3 Å². The summed E-state index contributed by atoms with van der Waals surface area (Å²) in [6, 6.07) is 8.87. The summed E-state index contributed by atoms with van der Waals surface area (Å²) < 4.78 is 0.899. The number of nitrogens with zero attached hydrogens (tertiary/aromatic N) is 2. The largest absolute Gasteiger partial charge is 0.382 e. The minimum absolute atomic E-state index is 0.385. The third-order valence-electron chi connectivity index (χ3n) is 1.88. The van der Waals surface area contributed by atoms with Crippen LogP contribution in [0, 0.1) is 0 Å². The lowest BCUT2D eigenvalue weighted by Crippen LogP contribution is -1.98. The van der Waals surface area contributed by atoms with Gasteiger partial charge in [-0.1, -0.05) is 11.6 Å². The predicted octanol–water partition coefficient (Wildman–Crippen LogP) is 3.22. The van der Waals surface area contributed by atoms with Crippen molar-refractivity contribution in [3.05, 3.63) is 39.8 Å². The molecule has 0 spiro atoms. The molecule has 1 aromatic carbocycles. The van der Waals surface area contributed by atoms with Crippen LogP contribution in [-0.4, -0.2) is 10.2 Å². The molecule has 82 valence electrons. The van der Waals surface area contributed by atoms with E-state index in [9.17, 15) is 0 Å². The molecule has 0 fully saturated rings. The van der Waals surface area contributed by atoms with Crippen LogP contribution in [-0.2, 0) is 0 Å². The van der Waals surface area contributed by atoms with Crippen LogP contribution in [0.25, 0.3) is 0 Å². The zero-order valence-corrected chi connectivity index (χ0v) is 10.5. The Kier molecular flexibility index (Phi) is 3.26. The number of hydrogen-bond acceptors (Lipinski definition) is 4. The molecule has 0 saturated heterocycles. The maximum atomic E-state index is 5.89.